The van der Waals surface area contributed by atoms with Crippen LogP contribution in [0.4, 0.5) is 13.2 Å². The molecule has 13 heteroatoms. The number of amides is 1. The number of carbonyl (C=O) groups excluding carboxylic acids is 2. The summed E-state index contributed by atoms with van der Waals surface area (Å²) < 4.78 is 68.2. The third-order valence-corrected chi connectivity index (χ3v) is 8.82. The minimum Gasteiger partial charge on any atom is -0.459 e. The molecule has 1 amide bonds. The number of carbonyl (C=O) groups is 2. The second kappa shape index (κ2) is 9.49. The molecule has 1 aromatic carbocycles. The number of halogens is 6. The van der Waals surface area contributed by atoms with Crippen LogP contribution in [0.2, 0.25) is 0 Å². The molecule has 1 N–H and O–H groups in total. The Bertz CT molecular complexity index is 884. The molecule has 2 rings (SSSR count). The lowest BCUT2D eigenvalue weighted by Gasteiger charge is -2.27. The number of alkyl halides is 3. The molecule has 1 aromatic rings. The molecule has 0 atom stereocenters. The van der Waals surface area contributed by atoms with Gasteiger partial charge in [0, 0.05) is 16.6 Å². The van der Waals surface area contributed by atoms with E-state index < -0.39 is 39.4 Å². The van der Waals surface area contributed by atoms with Gasteiger partial charge >= 0.3 is 21.5 Å². The monoisotopic (exact) mass is 757 g/mol. The van der Waals surface area contributed by atoms with E-state index in [1.807, 2.05) is 28.7 Å². The van der Waals surface area contributed by atoms with E-state index in [1.54, 1.807) is 6.07 Å². The Hall–Kier alpha value is 0.0900. The van der Waals surface area contributed by atoms with E-state index >= 15 is 0 Å². The molecule has 0 bridgehead atoms. The standard InChI is InChI=1S/C15H13F3I3NO5S/c16-15(17,18)28(25,26)22-13(23)7-1-3-9(4-2-7)27-14(24)10-5-8(19)6-11(20)12(10)21/h5-7,9H,1-4H2,(H,22,23). The molecular weight excluding hydrogens is 744 g/mol. The minimum absolute atomic E-state index is 0.123. The molecule has 6 nitrogen and oxygen atoms in total. The molecule has 1 aliphatic rings. The number of sulfonamides is 1. The van der Waals surface area contributed by atoms with Crippen LogP contribution < -0.4 is 4.72 Å². The largest absolute Gasteiger partial charge is 0.516 e. The first kappa shape index (κ1) is 24.4. The molecule has 0 radical (unpaired) electrons. The average Bonchev–Trinajstić information content (AvgIpc) is 2.57. The summed E-state index contributed by atoms with van der Waals surface area (Å²) in [6.45, 7) is 0. The summed E-state index contributed by atoms with van der Waals surface area (Å²) in [5.41, 5.74) is -5.12. The Kier molecular flexibility index (Phi) is 8.25. The van der Waals surface area contributed by atoms with Crippen LogP contribution in [0.1, 0.15) is 36.0 Å². The smallest absolute Gasteiger partial charge is 0.459 e. The molecule has 1 saturated carbocycles. The SMILES string of the molecule is O=C(OC1CCC(C(=O)NS(=O)(=O)C(F)(F)F)CC1)c1cc(I)cc(I)c1I. The normalized spacial score (nSPS) is 20.5. The van der Waals surface area contributed by atoms with Crippen LogP contribution >= 0.6 is 67.8 Å². The Morgan fingerprint density at radius 3 is 2.18 bits per heavy atom. The average molecular weight is 757 g/mol. The van der Waals surface area contributed by atoms with Crippen molar-refractivity contribution in [3.8, 4) is 0 Å². The lowest BCUT2D eigenvalue weighted by atomic mass is 9.87. The predicted octanol–water partition coefficient (Wildman–Crippen LogP) is 4.18. The first-order valence-corrected chi connectivity index (χ1v) is 12.5. The maximum atomic E-state index is 12.4. The molecule has 28 heavy (non-hydrogen) atoms. The molecular formula is C15H13F3I3NO5S. The van der Waals surface area contributed by atoms with Crippen molar-refractivity contribution in [1.29, 1.82) is 0 Å². The van der Waals surface area contributed by atoms with Crippen LogP contribution in [0.5, 0.6) is 0 Å². The Morgan fingerprint density at radius 2 is 1.64 bits per heavy atom. The fourth-order valence-corrected chi connectivity index (χ4v) is 5.56. The fraction of sp³-hybridized carbons (Fsp3) is 0.467. The van der Waals surface area contributed by atoms with Crippen molar-refractivity contribution in [3.63, 3.8) is 0 Å². The van der Waals surface area contributed by atoms with Gasteiger partial charge in [0.25, 0.3) is 0 Å². The second-order valence-corrected chi connectivity index (χ2v) is 11.2. The molecule has 0 aliphatic heterocycles. The highest BCUT2D eigenvalue weighted by atomic mass is 127. The van der Waals surface area contributed by atoms with Crippen molar-refractivity contribution in [2.45, 2.75) is 37.3 Å². The number of esters is 1. The van der Waals surface area contributed by atoms with Crippen LogP contribution in [0, 0.1) is 16.6 Å². The first-order valence-electron chi connectivity index (χ1n) is 7.80. The van der Waals surface area contributed by atoms with Crippen molar-refractivity contribution in [2.24, 2.45) is 5.92 Å². The number of hydrogen-bond donors (Lipinski definition) is 1. The van der Waals surface area contributed by atoms with E-state index in [2.05, 4.69) is 45.2 Å². The zero-order chi connectivity index (χ0) is 21.3. The fourth-order valence-electron chi connectivity index (χ4n) is 2.64. The summed E-state index contributed by atoms with van der Waals surface area (Å²) in [5, 5.41) is 0. The van der Waals surface area contributed by atoms with Gasteiger partial charge in [-0.2, -0.15) is 21.6 Å². The van der Waals surface area contributed by atoms with Crippen LogP contribution in [0.25, 0.3) is 0 Å². The second-order valence-electron chi connectivity index (χ2n) is 6.04. The van der Waals surface area contributed by atoms with Gasteiger partial charge in [0.05, 0.1) is 5.56 Å². The minimum atomic E-state index is -5.71. The predicted molar refractivity (Wildman–Crippen MR) is 119 cm³/mol. The molecule has 0 heterocycles. The van der Waals surface area contributed by atoms with Gasteiger partial charge in [0.2, 0.25) is 5.91 Å². The zero-order valence-electron chi connectivity index (χ0n) is 13.9. The van der Waals surface area contributed by atoms with E-state index in [1.165, 1.54) is 0 Å². The Balaban J connectivity index is 1.94. The highest BCUT2D eigenvalue weighted by molar-refractivity contribution is 14.1. The maximum absolute atomic E-state index is 12.4. The van der Waals surface area contributed by atoms with Crippen LogP contribution in [-0.4, -0.2) is 31.9 Å². The molecule has 1 aliphatic carbocycles. The highest BCUT2D eigenvalue weighted by Crippen LogP contribution is 2.30. The number of rotatable bonds is 4. The van der Waals surface area contributed by atoms with E-state index in [9.17, 15) is 31.2 Å². The zero-order valence-corrected chi connectivity index (χ0v) is 21.1. The molecule has 0 aromatic heterocycles. The molecule has 0 saturated heterocycles. The van der Waals surface area contributed by atoms with Crippen molar-refractivity contribution in [1.82, 2.24) is 4.72 Å². The third-order valence-electron chi connectivity index (χ3n) is 4.07. The van der Waals surface area contributed by atoms with Gasteiger partial charge in [0.15, 0.2) is 0 Å². The topological polar surface area (TPSA) is 89.5 Å². The van der Waals surface area contributed by atoms with Crippen LogP contribution in [0.15, 0.2) is 12.1 Å². The van der Waals surface area contributed by atoms with Gasteiger partial charge in [-0.05, 0) is 106 Å². The first-order chi connectivity index (χ1) is 12.8. The summed E-state index contributed by atoms with van der Waals surface area (Å²) >= 11 is 6.25. The van der Waals surface area contributed by atoms with Gasteiger partial charge in [-0.25, -0.2) is 9.52 Å². The van der Waals surface area contributed by atoms with E-state index in [0.29, 0.717) is 5.56 Å². The van der Waals surface area contributed by atoms with E-state index in [0.717, 1.165) is 15.4 Å². The lowest BCUT2D eigenvalue weighted by molar-refractivity contribution is -0.125. The number of hydrogen-bond acceptors (Lipinski definition) is 5. The highest BCUT2D eigenvalue weighted by Gasteiger charge is 2.47. The van der Waals surface area contributed by atoms with Gasteiger partial charge in [-0.3, -0.25) is 4.79 Å². The molecule has 0 unspecified atom stereocenters. The van der Waals surface area contributed by atoms with Gasteiger partial charge in [0.1, 0.15) is 6.10 Å². The summed E-state index contributed by atoms with van der Waals surface area (Å²) in [4.78, 5) is 24.3. The number of ether oxygens (including phenoxy) is 1. The Morgan fingerprint density at radius 1 is 1.07 bits per heavy atom. The van der Waals surface area contributed by atoms with Crippen molar-refractivity contribution in [2.75, 3.05) is 0 Å². The Labute approximate surface area is 200 Å². The van der Waals surface area contributed by atoms with E-state index in [4.69, 9.17) is 4.74 Å². The van der Waals surface area contributed by atoms with Gasteiger partial charge < -0.3 is 4.74 Å². The molecule has 0 spiro atoms. The van der Waals surface area contributed by atoms with Crippen molar-refractivity contribution in [3.05, 3.63) is 28.4 Å². The molecule has 156 valence electrons. The summed E-state index contributed by atoms with van der Waals surface area (Å²) in [7, 11) is -5.71. The molecule has 1 fully saturated rings. The summed E-state index contributed by atoms with van der Waals surface area (Å²) in [6.07, 6.45) is 0.277. The van der Waals surface area contributed by atoms with Crippen molar-refractivity contribution < 1.29 is 35.9 Å². The van der Waals surface area contributed by atoms with Gasteiger partial charge in [-0.1, -0.05) is 0 Å². The summed E-state index contributed by atoms with van der Waals surface area (Å²) in [6, 6.07) is 3.62. The van der Waals surface area contributed by atoms with Crippen LogP contribution in [-0.2, 0) is 19.6 Å². The van der Waals surface area contributed by atoms with Crippen LogP contribution in [0.3, 0.4) is 0 Å². The quantitative estimate of drug-likeness (QED) is 0.283. The maximum Gasteiger partial charge on any atom is 0.516 e. The lowest BCUT2D eigenvalue weighted by Crippen LogP contribution is -2.44. The number of benzene rings is 1. The summed E-state index contributed by atoms with van der Waals surface area (Å²) in [5.74, 6) is -2.58. The van der Waals surface area contributed by atoms with Gasteiger partial charge in [-0.15, -0.1) is 0 Å². The van der Waals surface area contributed by atoms with E-state index in [-0.39, 0.29) is 25.7 Å². The third kappa shape index (κ3) is 6.05. The van der Waals surface area contributed by atoms with Crippen molar-refractivity contribution >= 4 is 89.7 Å². The number of nitrogens with one attached hydrogen (secondary N) is 1.